The first-order valence-corrected chi connectivity index (χ1v) is 9.15. The number of hydrogen-bond donors (Lipinski definition) is 2. The zero-order chi connectivity index (χ0) is 20.4. The van der Waals surface area contributed by atoms with Crippen molar-refractivity contribution in [1.29, 1.82) is 0 Å². The lowest BCUT2D eigenvalue weighted by Crippen LogP contribution is -2.26. The molecular weight excluding hydrogens is 378 g/mol. The number of nitrogens with one attached hydrogen (secondary N) is 1. The number of carboxylic acid groups (broad SMARTS) is 1. The molecule has 7 heteroatoms. The molecule has 0 atom stereocenters. The number of benzene rings is 2. The Morgan fingerprint density at radius 3 is 2.61 bits per heavy atom. The Morgan fingerprint density at radius 1 is 1.21 bits per heavy atom. The molecular formula is C21H20ClN3O3. The average molecular weight is 398 g/mol. The molecule has 2 aromatic carbocycles. The first kappa shape index (κ1) is 19.6. The number of anilines is 2. The molecule has 0 aliphatic carbocycles. The molecule has 1 heterocycles. The number of carbonyl (C=O) groups is 2. The van der Waals surface area contributed by atoms with Crippen LogP contribution in [0.5, 0.6) is 0 Å². The van der Waals surface area contributed by atoms with E-state index in [0.717, 1.165) is 0 Å². The molecule has 144 valence electrons. The van der Waals surface area contributed by atoms with Gasteiger partial charge in [-0.2, -0.15) is 0 Å². The summed E-state index contributed by atoms with van der Waals surface area (Å²) in [6.07, 6.45) is 1.52. The summed E-state index contributed by atoms with van der Waals surface area (Å²) in [6.45, 7) is 4.20. The number of aryl methyl sites for hydroxylation is 1. The number of amides is 1. The minimum atomic E-state index is -0.970. The van der Waals surface area contributed by atoms with Crippen molar-refractivity contribution in [2.45, 2.75) is 13.8 Å². The second kappa shape index (κ2) is 7.86. The van der Waals surface area contributed by atoms with Crippen LogP contribution in [-0.2, 0) is 0 Å². The van der Waals surface area contributed by atoms with E-state index in [1.165, 1.54) is 6.20 Å². The highest BCUT2D eigenvalue weighted by Gasteiger charge is 2.19. The fourth-order valence-corrected chi connectivity index (χ4v) is 3.26. The van der Waals surface area contributed by atoms with Crippen LogP contribution in [0.4, 0.5) is 11.5 Å². The molecule has 0 saturated heterocycles. The van der Waals surface area contributed by atoms with Crippen LogP contribution in [0, 0.1) is 6.92 Å². The van der Waals surface area contributed by atoms with E-state index in [0.29, 0.717) is 45.0 Å². The fourth-order valence-electron chi connectivity index (χ4n) is 2.99. The van der Waals surface area contributed by atoms with Gasteiger partial charge in [-0.15, -0.1) is 0 Å². The van der Waals surface area contributed by atoms with Gasteiger partial charge in [0.1, 0.15) is 5.82 Å². The van der Waals surface area contributed by atoms with Gasteiger partial charge in [0.2, 0.25) is 0 Å². The molecule has 0 aliphatic heterocycles. The molecule has 0 unspecified atom stereocenters. The Morgan fingerprint density at radius 2 is 1.96 bits per heavy atom. The summed E-state index contributed by atoms with van der Waals surface area (Å²) in [6, 6.07) is 10.3. The number of pyridine rings is 1. The van der Waals surface area contributed by atoms with Gasteiger partial charge in [0.15, 0.2) is 0 Å². The van der Waals surface area contributed by atoms with Crippen LogP contribution >= 0.6 is 11.6 Å². The van der Waals surface area contributed by atoms with Crippen LogP contribution in [0.2, 0.25) is 5.02 Å². The van der Waals surface area contributed by atoms with Gasteiger partial charge < -0.3 is 15.3 Å². The summed E-state index contributed by atoms with van der Waals surface area (Å²) in [4.78, 5) is 29.9. The third-order valence-electron chi connectivity index (χ3n) is 4.63. The second-order valence-electron chi connectivity index (χ2n) is 6.46. The lowest BCUT2D eigenvalue weighted by molar-refractivity contribution is 0.0695. The lowest BCUT2D eigenvalue weighted by atomic mass is 10.1. The molecule has 6 nitrogen and oxygen atoms in total. The Kier molecular flexibility index (Phi) is 5.51. The topological polar surface area (TPSA) is 82.5 Å². The zero-order valence-corrected chi connectivity index (χ0v) is 16.5. The highest BCUT2D eigenvalue weighted by Crippen LogP contribution is 2.33. The van der Waals surface area contributed by atoms with E-state index in [1.54, 1.807) is 49.2 Å². The van der Waals surface area contributed by atoms with E-state index in [-0.39, 0.29) is 11.5 Å². The van der Waals surface area contributed by atoms with Gasteiger partial charge in [0.05, 0.1) is 11.1 Å². The van der Waals surface area contributed by atoms with Gasteiger partial charge in [-0.1, -0.05) is 23.7 Å². The number of halogens is 1. The van der Waals surface area contributed by atoms with Crippen molar-refractivity contribution < 1.29 is 14.7 Å². The Labute approximate surface area is 167 Å². The Hall–Kier alpha value is -3.12. The lowest BCUT2D eigenvalue weighted by Gasteiger charge is -2.18. The van der Waals surface area contributed by atoms with Crippen molar-refractivity contribution in [3.05, 3.63) is 64.3 Å². The number of hydrogen-bond acceptors (Lipinski definition) is 4. The van der Waals surface area contributed by atoms with E-state index >= 15 is 0 Å². The molecule has 28 heavy (non-hydrogen) atoms. The van der Waals surface area contributed by atoms with E-state index in [2.05, 4.69) is 10.3 Å². The van der Waals surface area contributed by atoms with E-state index < -0.39 is 5.97 Å². The number of carboxylic acids is 1. The Balaban J connectivity index is 2.09. The molecule has 0 aliphatic rings. The van der Waals surface area contributed by atoms with E-state index in [9.17, 15) is 14.7 Å². The predicted octanol–water partition coefficient (Wildman–Crippen LogP) is 4.73. The van der Waals surface area contributed by atoms with Crippen molar-refractivity contribution in [3.63, 3.8) is 0 Å². The third kappa shape index (κ3) is 3.64. The van der Waals surface area contributed by atoms with Gasteiger partial charge in [-0.3, -0.25) is 4.79 Å². The van der Waals surface area contributed by atoms with Crippen LogP contribution in [0.15, 0.2) is 42.6 Å². The monoisotopic (exact) mass is 397 g/mol. The standard InChI is InChI=1S/C21H20ClN3O3/c1-4-25(3)20(26)16-11-23-19(15-6-5-7-17(22)18(15)16)24-13-8-9-14(21(27)28)12(2)10-13/h5-11H,4H2,1-3H3,(H,23,24)(H,27,28). The van der Waals surface area contributed by atoms with Crippen LogP contribution in [0.1, 0.15) is 33.2 Å². The minimum absolute atomic E-state index is 0.152. The molecule has 3 rings (SSSR count). The normalized spacial score (nSPS) is 10.7. The van der Waals surface area contributed by atoms with Crippen LogP contribution < -0.4 is 5.32 Å². The summed E-state index contributed by atoms with van der Waals surface area (Å²) >= 11 is 6.42. The molecule has 1 amide bonds. The van der Waals surface area contributed by atoms with Crippen molar-refractivity contribution in [2.24, 2.45) is 0 Å². The summed E-state index contributed by atoms with van der Waals surface area (Å²) in [5.74, 6) is -0.584. The quantitative estimate of drug-likeness (QED) is 0.650. The molecule has 0 spiro atoms. The molecule has 0 radical (unpaired) electrons. The van der Waals surface area contributed by atoms with Crippen molar-refractivity contribution >= 4 is 45.8 Å². The predicted molar refractivity (Wildman–Crippen MR) is 111 cm³/mol. The number of carbonyl (C=O) groups excluding carboxylic acids is 1. The molecule has 1 aromatic heterocycles. The number of aromatic nitrogens is 1. The number of nitrogens with zero attached hydrogens (tertiary/aromatic N) is 2. The first-order valence-electron chi connectivity index (χ1n) is 8.77. The maximum Gasteiger partial charge on any atom is 0.335 e. The second-order valence-corrected chi connectivity index (χ2v) is 6.87. The zero-order valence-electron chi connectivity index (χ0n) is 15.8. The summed E-state index contributed by atoms with van der Waals surface area (Å²) in [5.41, 5.74) is 2.01. The van der Waals surface area contributed by atoms with E-state index in [1.807, 2.05) is 13.0 Å². The molecule has 0 bridgehead atoms. The van der Waals surface area contributed by atoms with Gasteiger partial charge in [0.25, 0.3) is 5.91 Å². The summed E-state index contributed by atoms with van der Waals surface area (Å²) < 4.78 is 0. The van der Waals surface area contributed by atoms with Crippen LogP contribution in [0.3, 0.4) is 0 Å². The third-order valence-corrected chi connectivity index (χ3v) is 4.95. The first-order chi connectivity index (χ1) is 13.3. The summed E-state index contributed by atoms with van der Waals surface area (Å²) in [7, 11) is 1.73. The molecule has 0 fully saturated rings. The number of rotatable bonds is 5. The highest BCUT2D eigenvalue weighted by atomic mass is 35.5. The Bertz CT molecular complexity index is 1080. The average Bonchev–Trinajstić information content (AvgIpc) is 2.67. The maximum atomic E-state index is 12.7. The highest BCUT2D eigenvalue weighted by molar-refractivity contribution is 6.37. The minimum Gasteiger partial charge on any atom is -0.478 e. The molecule has 2 N–H and O–H groups in total. The van der Waals surface area contributed by atoms with Crippen molar-refractivity contribution in [1.82, 2.24) is 9.88 Å². The fraction of sp³-hybridized carbons (Fsp3) is 0.190. The smallest absolute Gasteiger partial charge is 0.335 e. The van der Waals surface area contributed by atoms with Crippen molar-refractivity contribution in [2.75, 3.05) is 18.9 Å². The number of aromatic carboxylic acids is 1. The van der Waals surface area contributed by atoms with Gasteiger partial charge in [-0.25, -0.2) is 9.78 Å². The SMILES string of the molecule is CCN(C)C(=O)c1cnc(Nc2ccc(C(=O)O)c(C)c2)c2cccc(Cl)c12. The molecule has 0 saturated carbocycles. The van der Waals surface area contributed by atoms with Gasteiger partial charge in [-0.05, 0) is 43.7 Å². The van der Waals surface area contributed by atoms with Crippen molar-refractivity contribution in [3.8, 4) is 0 Å². The largest absolute Gasteiger partial charge is 0.478 e. The van der Waals surface area contributed by atoms with Crippen LogP contribution in [0.25, 0.3) is 10.8 Å². The van der Waals surface area contributed by atoms with E-state index in [4.69, 9.17) is 11.6 Å². The molecule has 3 aromatic rings. The number of fused-ring (bicyclic) bond motifs is 1. The summed E-state index contributed by atoms with van der Waals surface area (Å²) in [5, 5.41) is 14.2. The maximum absolute atomic E-state index is 12.7. The van der Waals surface area contributed by atoms with Gasteiger partial charge >= 0.3 is 5.97 Å². The van der Waals surface area contributed by atoms with Gasteiger partial charge in [0, 0.05) is 41.3 Å². The van der Waals surface area contributed by atoms with Crippen LogP contribution in [-0.4, -0.2) is 40.5 Å².